The van der Waals surface area contributed by atoms with Gasteiger partial charge in [-0.2, -0.15) is 13.2 Å². The Hall–Kier alpha value is -2.06. The van der Waals surface area contributed by atoms with Crippen LogP contribution >= 0.6 is 0 Å². The van der Waals surface area contributed by atoms with Crippen molar-refractivity contribution in [2.75, 3.05) is 7.11 Å². The second kappa shape index (κ2) is 7.76. The molecule has 4 rings (SSSR count). The van der Waals surface area contributed by atoms with Crippen molar-refractivity contribution in [3.05, 3.63) is 12.2 Å². The van der Waals surface area contributed by atoms with Gasteiger partial charge in [0.2, 0.25) is 17.9 Å². The van der Waals surface area contributed by atoms with Crippen LogP contribution in [-0.4, -0.2) is 43.2 Å². The number of carbonyl (C=O) groups is 3. The van der Waals surface area contributed by atoms with Crippen LogP contribution in [0.2, 0.25) is 0 Å². The Kier molecular flexibility index (Phi) is 5.61. The first-order chi connectivity index (χ1) is 14.9. The molecule has 0 aromatic carbocycles. The van der Waals surface area contributed by atoms with Gasteiger partial charge in [0.25, 0.3) is 0 Å². The zero-order valence-corrected chi connectivity index (χ0v) is 18.6. The Labute approximate surface area is 185 Å². The maximum Gasteiger partial charge on any atom is 0.419 e. The molecule has 3 saturated carbocycles. The lowest BCUT2D eigenvalue weighted by molar-refractivity contribution is -0.185. The van der Waals surface area contributed by atoms with Gasteiger partial charge in [0.15, 0.2) is 0 Å². The normalized spacial score (nSPS) is 41.6. The van der Waals surface area contributed by atoms with Gasteiger partial charge in [-0.05, 0) is 67.8 Å². The molecular weight excluding hydrogens is 425 g/mol. The zero-order valence-electron chi connectivity index (χ0n) is 18.6. The number of carbonyl (C=O) groups excluding carboxylic acids is 3. The van der Waals surface area contributed by atoms with Gasteiger partial charge in [0, 0.05) is 17.4 Å². The highest BCUT2D eigenvalue weighted by molar-refractivity contribution is 5.89. The van der Waals surface area contributed by atoms with Crippen LogP contribution in [0.25, 0.3) is 0 Å². The Morgan fingerprint density at radius 3 is 2.53 bits per heavy atom. The lowest BCUT2D eigenvalue weighted by Gasteiger charge is -2.58. The van der Waals surface area contributed by atoms with Gasteiger partial charge < -0.3 is 15.4 Å². The molecule has 4 aliphatic rings. The van der Waals surface area contributed by atoms with Crippen molar-refractivity contribution in [1.29, 1.82) is 0 Å². The Bertz CT molecular complexity index is 844. The number of halogens is 3. The van der Waals surface area contributed by atoms with Crippen LogP contribution < -0.4 is 10.6 Å². The molecule has 0 spiro atoms. The average Bonchev–Trinajstić information content (AvgIpc) is 3.08. The first-order valence-corrected chi connectivity index (χ1v) is 11.4. The molecule has 2 amide bonds. The summed E-state index contributed by atoms with van der Waals surface area (Å²) in [6, 6.07) is -2.55. The summed E-state index contributed by atoms with van der Waals surface area (Å²) in [5, 5.41) is 5.04. The van der Waals surface area contributed by atoms with Crippen molar-refractivity contribution in [3.63, 3.8) is 0 Å². The largest absolute Gasteiger partial charge is 0.467 e. The number of hydrogen-bond donors (Lipinski definition) is 2. The van der Waals surface area contributed by atoms with Crippen molar-refractivity contribution in [2.24, 2.45) is 34.5 Å². The summed E-state index contributed by atoms with van der Waals surface area (Å²) in [4.78, 5) is 36.5. The summed E-state index contributed by atoms with van der Waals surface area (Å²) in [6.07, 6.45) is 3.41. The number of hydrogen-bond acceptors (Lipinski definition) is 4. The van der Waals surface area contributed by atoms with Gasteiger partial charge in [0.1, 0.15) is 0 Å². The number of methoxy groups -OCH3 is 1. The van der Waals surface area contributed by atoms with Gasteiger partial charge in [-0.25, -0.2) is 4.79 Å². The van der Waals surface area contributed by atoms with E-state index in [1.807, 2.05) is 18.3 Å². The Morgan fingerprint density at radius 2 is 1.88 bits per heavy atom. The third-order valence-corrected chi connectivity index (χ3v) is 9.05. The molecule has 0 bridgehead atoms. The molecule has 0 radical (unpaired) electrons. The number of esters is 1. The summed E-state index contributed by atoms with van der Waals surface area (Å²) >= 11 is 0. The van der Waals surface area contributed by atoms with E-state index < -0.39 is 35.4 Å². The van der Waals surface area contributed by atoms with E-state index in [0.717, 1.165) is 39.2 Å². The SMILES string of the molecule is COC(=O)C(NC(=O)C1CC[C@H]2[C@@H]3CCC4NC(=O)C=C[C@]4(C)[C@@H]3CC[C@]12C)C(F)(F)F. The lowest BCUT2D eigenvalue weighted by atomic mass is 9.48. The predicted molar refractivity (Wildman–Crippen MR) is 109 cm³/mol. The third kappa shape index (κ3) is 3.52. The van der Waals surface area contributed by atoms with Crippen LogP contribution in [0.4, 0.5) is 13.2 Å². The van der Waals surface area contributed by atoms with Gasteiger partial charge in [-0.15, -0.1) is 0 Å². The molecule has 0 aromatic heterocycles. The van der Waals surface area contributed by atoms with E-state index in [0.29, 0.717) is 18.3 Å². The first kappa shape index (κ1) is 23.1. The van der Waals surface area contributed by atoms with E-state index >= 15 is 0 Å². The molecule has 6 nitrogen and oxygen atoms in total. The highest BCUT2D eigenvalue weighted by atomic mass is 19.4. The molecule has 3 unspecified atom stereocenters. The summed E-state index contributed by atoms with van der Waals surface area (Å²) in [5.41, 5.74) is -0.562. The van der Waals surface area contributed by atoms with Crippen molar-refractivity contribution in [1.82, 2.24) is 10.6 Å². The zero-order chi connectivity index (χ0) is 23.5. The van der Waals surface area contributed by atoms with E-state index in [1.54, 1.807) is 6.08 Å². The molecule has 178 valence electrons. The predicted octanol–water partition coefficient (Wildman–Crippen LogP) is 3.12. The fourth-order valence-corrected chi connectivity index (χ4v) is 7.40. The minimum atomic E-state index is -4.91. The number of fused-ring (bicyclic) bond motifs is 5. The number of amides is 2. The minimum Gasteiger partial charge on any atom is -0.467 e. The van der Waals surface area contributed by atoms with E-state index in [9.17, 15) is 27.6 Å². The van der Waals surface area contributed by atoms with E-state index in [4.69, 9.17) is 0 Å². The fraction of sp³-hybridized carbons (Fsp3) is 0.783. The molecule has 3 fully saturated rings. The van der Waals surface area contributed by atoms with Crippen LogP contribution in [0.1, 0.15) is 52.4 Å². The van der Waals surface area contributed by atoms with Crippen molar-refractivity contribution < 1.29 is 32.3 Å². The highest BCUT2D eigenvalue weighted by Gasteiger charge is 2.61. The summed E-state index contributed by atoms with van der Waals surface area (Å²) in [5.74, 6) is -1.92. The summed E-state index contributed by atoms with van der Waals surface area (Å²) in [6.45, 7) is 4.22. The third-order valence-electron chi connectivity index (χ3n) is 9.05. The second-order valence-electron chi connectivity index (χ2n) is 10.4. The maximum absolute atomic E-state index is 13.3. The quantitative estimate of drug-likeness (QED) is 0.639. The molecule has 2 N–H and O–H groups in total. The van der Waals surface area contributed by atoms with Crippen molar-refractivity contribution in [2.45, 2.75) is 70.6 Å². The first-order valence-electron chi connectivity index (χ1n) is 11.4. The van der Waals surface area contributed by atoms with Gasteiger partial charge in [-0.1, -0.05) is 19.9 Å². The number of nitrogens with one attached hydrogen (secondary N) is 2. The standard InChI is InChI=1S/C23H31F3N2O4/c1-21-10-8-14-12(4-7-16-22(14,2)11-9-17(29)27-16)13(21)5-6-15(21)19(30)28-18(20(31)32-3)23(24,25)26/h9,11-16,18H,4-8,10H2,1-3H3,(H,27,29)(H,28,30)/t12-,13-,14+,15?,16?,18?,21-,22+/m0/s1. The van der Waals surface area contributed by atoms with Crippen LogP contribution in [0.3, 0.4) is 0 Å². The van der Waals surface area contributed by atoms with Crippen molar-refractivity contribution >= 4 is 17.8 Å². The molecule has 9 heteroatoms. The molecule has 1 aliphatic heterocycles. The molecule has 1 heterocycles. The number of rotatable bonds is 3. The fourth-order valence-electron chi connectivity index (χ4n) is 7.40. The smallest absolute Gasteiger partial charge is 0.419 e. The molecule has 32 heavy (non-hydrogen) atoms. The van der Waals surface area contributed by atoms with E-state index in [2.05, 4.69) is 17.0 Å². The van der Waals surface area contributed by atoms with Crippen LogP contribution in [0, 0.1) is 34.5 Å². The average molecular weight is 457 g/mol. The monoisotopic (exact) mass is 456 g/mol. The Balaban J connectivity index is 1.54. The van der Waals surface area contributed by atoms with Crippen LogP contribution in [0.15, 0.2) is 12.2 Å². The lowest BCUT2D eigenvalue weighted by Crippen LogP contribution is -2.60. The highest BCUT2D eigenvalue weighted by Crippen LogP contribution is 2.65. The van der Waals surface area contributed by atoms with Crippen LogP contribution in [0.5, 0.6) is 0 Å². The maximum atomic E-state index is 13.3. The molecule has 0 aromatic rings. The molecular formula is C23H31F3N2O4. The van der Waals surface area contributed by atoms with Crippen molar-refractivity contribution in [3.8, 4) is 0 Å². The second-order valence-corrected chi connectivity index (χ2v) is 10.4. The summed E-state index contributed by atoms with van der Waals surface area (Å²) < 4.78 is 44.3. The van der Waals surface area contributed by atoms with Crippen LogP contribution in [-0.2, 0) is 19.1 Å². The molecule has 3 aliphatic carbocycles. The van der Waals surface area contributed by atoms with Gasteiger partial charge in [-0.3, -0.25) is 9.59 Å². The van der Waals surface area contributed by atoms with E-state index in [1.165, 1.54) is 0 Å². The van der Waals surface area contributed by atoms with Gasteiger partial charge in [0.05, 0.1) is 7.11 Å². The minimum absolute atomic E-state index is 0.0611. The topological polar surface area (TPSA) is 84.5 Å². The number of ether oxygens (including phenoxy) is 1. The number of alkyl halides is 3. The Morgan fingerprint density at radius 1 is 1.16 bits per heavy atom. The molecule has 0 saturated heterocycles. The van der Waals surface area contributed by atoms with E-state index in [-0.39, 0.29) is 23.3 Å². The molecule has 8 atom stereocenters. The van der Waals surface area contributed by atoms with Gasteiger partial charge >= 0.3 is 12.1 Å². The summed E-state index contributed by atoms with van der Waals surface area (Å²) in [7, 11) is 0.875.